The van der Waals surface area contributed by atoms with E-state index in [4.69, 9.17) is 11.6 Å². The number of rotatable bonds is 1. The van der Waals surface area contributed by atoms with E-state index in [9.17, 15) is 0 Å². The summed E-state index contributed by atoms with van der Waals surface area (Å²) in [7, 11) is 0. The zero-order chi connectivity index (χ0) is 7.56. The van der Waals surface area contributed by atoms with E-state index in [1.807, 2.05) is 12.1 Å². The van der Waals surface area contributed by atoms with Gasteiger partial charge in [0.15, 0.2) is 0 Å². The van der Waals surface area contributed by atoms with Crippen LogP contribution in [-0.2, 0) is 0 Å². The first-order chi connectivity index (χ1) is 4.70. The van der Waals surface area contributed by atoms with Gasteiger partial charge in [-0.05, 0) is 0 Å². The van der Waals surface area contributed by atoms with Gasteiger partial charge in [0.05, 0.1) is 0 Å². The van der Waals surface area contributed by atoms with E-state index < -0.39 is 19.8 Å². The second-order valence-electron chi connectivity index (χ2n) is 2.51. The normalized spacial score (nSPS) is 10.4. The average molecular weight is 260 g/mol. The molecule has 10 heavy (non-hydrogen) atoms. The molecule has 0 aliphatic rings. The van der Waals surface area contributed by atoms with E-state index in [2.05, 4.69) is 22.0 Å². The summed E-state index contributed by atoms with van der Waals surface area (Å²) in [4.78, 5) is 4.73. The van der Waals surface area contributed by atoms with Crippen molar-refractivity contribution in [3.8, 4) is 0 Å². The Hall–Kier alpha value is 0.309. The Morgan fingerprint density at radius 2 is 1.60 bits per heavy atom. The Morgan fingerprint density at radius 1 is 1.10 bits per heavy atom. The minimum atomic E-state index is -1.11. The van der Waals surface area contributed by atoms with Crippen molar-refractivity contribution in [3.63, 3.8) is 0 Å². The van der Waals surface area contributed by atoms with Crippen molar-refractivity contribution in [2.45, 2.75) is 9.88 Å². The zero-order valence-electron chi connectivity index (χ0n) is 6.19. The van der Waals surface area contributed by atoms with Crippen LogP contribution in [0.1, 0.15) is 0 Å². The molecule has 1 aromatic rings. The molecule has 1 aromatic carbocycles. The summed E-state index contributed by atoms with van der Waals surface area (Å²) in [6.07, 6.45) is 0. The quantitative estimate of drug-likeness (QED) is 0.680. The van der Waals surface area contributed by atoms with Gasteiger partial charge in [0.25, 0.3) is 0 Å². The van der Waals surface area contributed by atoms with Gasteiger partial charge in [0.2, 0.25) is 0 Å². The predicted octanol–water partition coefficient (Wildman–Crippen LogP) is 2.30. The molecule has 0 unspecified atom stereocenters. The topological polar surface area (TPSA) is 0 Å². The van der Waals surface area contributed by atoms with Gasteiger partial charge in [-0.3, -0.25) is 0 Å². The molecule has 0 saturated heterocycles. The molecule has 0 N–H and O–H groups in total. The summed E-state index contributed by atoms with van der Waals surface area (Å²) in [6, 6.07) is 8.25. The van der Waals surface area contributed by atoms with Crippen LogP contribution in [0.4, 0.5) is 0 Å². The maximum atomic E-state index is 5.74. The summed E-state index contributed by atoms with van der Waals surface area (Å²) in [5, 5.41) is 0.841. The van der Waals surface area contributed by atoms with Crippen LogP contribution in [0, 0.1) is 0 Å². The van der Waals surface area contributed by atoms with Crippen molar-refractivity contribution >= 4 is 34.9 Å². The Labute approximate surface area is 73.9 Å². The van der Waals surface area contributed by atoms with Gasteiger partial charge in [-0.1, -0.05) is 0 Å². The van der Waals surface area contributed by atoms with E-state index >= 15 is 0 Å². The van der Waals surface area contributed by atoms with Crippen molar-refractivity contribution in [3.05, 3.63) is 29.3 Å². The maximum absolute atomic E-state index is 5.74. The molecule has 0 amide bonds. The van der Waals surface area contributed by atoms with Gasteiger partial charge in [-0.25, -0.2) is 0 Å². The van der Waals surface area contributed by atoms with Crippen molar-refractivity contribution < 1.29 is 0 Å². The summed E-state index contributed by atoms with van der Waals surface area (Å²) in [5.74, 6) is 0. The van der Waals surface area contributed by atoms with Crippen LogP contribution in [-0.4, -0.2) is 19.8 Å². The first-order valence-electron chi connectivity index (χ1n) is 3.26. The van der Waals surface area contributed by atoms with Crippen molar-refractivity contribution in [1.82, 2.24) is 0 Å². The third kappa shape index (κ3) is 2.17. The van der Waals surface area contributed by atoms with Crippen LogP contribution in [0.25, 0.3) is 0 Å². The van der Waals surface area contributed by atoms with E-state index in [-0.39, 0.29) is 0 Å². The summed E-state index contributed by atoms with van der Waals surface area (Å²) in [6.45, 7) is 0. The molecule has 0 atom stereocenters. The summed E-state index contributed by atoms with van der Waals surface area (Å²) < 4.78 is 1.53. The number of benzene rings is 1. The fourth-order valence-electron chi connectivity index (χ4n) is 0.783. The molecule has 0 spiro atoms. The second kappa shape index (κ2) is 3.63. The molecule has 0 aliphatic heterocycles. The zero-order valence-corrected chi connectivity index (χ0v) is 9.80. The van der Waals surface area contributed by atoms with Gasteiger partial charge in [-0.2, -0.15) is 0 Å². The molecule has 0 aliphatic carbocycles. The summed E-state index contributed by atoms with van der Waals surface area (Å²) >= 11 is 4.63. The third-order valence-electron chi connectivity index (χ3n) is 1.42. The first kappa shape index (κ1) is 8.41. The average Bonchev–Trinajstić information content (AvgIpc) is 1.88. The monoisotopic (exact) mass is 261 g/mol. The first-order valence-corrected chi connectivity index (χ1v) is 10.8. The van der Waals surface area contributed by atoms with Crippen molar-refractivity contribution in [2.24, 2.45) is 0 Å². The van der Waals surface area contributed by atoms with E-state index in [0.29, 0.717) is 0 Å². The van der Waals surface area contributed by atoms with E-state index in [1.165, 1.54) is 3.58 Å². The Bertz CT molecular complexity index is 203. The molecular formula is C8H10ClSn. The van der Waals surface area contributed by atoms with Crippen LogP contribution in [0.15, 0.2) is 24.3 Å². The predicted molar refractivity (Wildman–Crippen MR) is 48.6 cm³/mol. The van der Waals surface area contributed by atoms with Gasteiger partial charge >= 0.3 is 74.1 Å². The number of hydrogen-bond donors (Lipinski definition) is 0. The fourth-order valence-corrected chi connectivity index (χ4v) is 3.29. The SMILES string of the molecule is [CH3][Sn]([CH3])[c]1ccc(Cl)cc1. The molecule has 53 valence electrons. The van der Waals surface area contributed by atoms with E-state index in [1.54, 1.807) is 0 Å². The Kier molecular flexibility index (Phi) is 3.05. The van der Waals surface area contributed by atoms with Crippen molar-refractivity contribution in [1.29, 1.82) is 0 Å². The van der Waals surface area contributed by atoms with Crippen LogP contribution in [0.5, 0.6) is 0 Å². The van der Waals surface area contributed by atoms with E-state index in [0.717, 1.165) is 5.02 Å². The molecule has 0 heterocycles. The molecule has 0 bridgehead atoms. The molecule has 1 rings (SSSR count). The molecule has 0 saturated carbocycles. The van der Waals surface area contributed by atoms with Crippen LogP contribution in [0.3, 0.4) is 0 Å². The van der Waals surface area contributed by atoms with Gasteiger partial charge in [0, 0.05) is 0 Å². The minimum absolute atomic E-state index is 0.841. The third-order valence-corrected chi connectivity index (χ3v) is 5.92. The number of halogens is 1. The van der Waals surface area contributed by atoms with Crippen LogP contribution < -0.4 is 3.58 Å². The number of hydrogen-bond acceptors (Lipinski definition) is 0. The van der Waals surface area contributed by atoms with Gasteiger partial charge in [0.1, 0.15) is 0 Å². The van der Waals surface area contributed by atoms with Gasteiger partial charge < -0.3 is 0 Å². The van der Waals surface area contributed by atoms with Crippen molar-refractivity contribution in [2.75, 3.05) is 0 Å². The Morgan fingerprint density at radius 3 is 2.00 bits per heavy atom. The molecule has 0 aromatic heterocycles. The second-order valence-corrected chi connectivity index (χ2v) is 10.3. The molecule has 1 radical (unpaired) electrons. The Balaban J connectivity index is 2.89. The standard InChI is InChI=1S/C6H4Cl.2CH3.Sn/c7-6-4-2-1-3-5-6;;;/h2-5H;2*1H3;. The molecule has 0 fully saturated rings. The fraction of sp³-hybridized carbons (Fsp3) is 0.250. The van der Waals surface area contributed by atoms with Crippen LogP contribution in [0.2, 0.25) is 14.9 Å². The van der Waals surface area contributed by atoms with Gasteiger partial charge in [-0.15, -0.1) is 0 Å². The molecule has 0 nitrogen and oxygen atoms in total. The summed E-state index contributed by atoms with van der Waals surface area (Å²) in [5.41, 5.74) is 0. The van der Waals surface area contributed by atoms with Crippen LogP contribution >= 0.6 is 11.6 Å². The molecule has 2 heteroatoms. The molecular weight excluding hydrogens is 250 g/mol.